The number of hydrogen-bond acceptors (Lipinski definition) is 2. The Morgan fingerprint density at radius 1 is 1.35 bits per heavy atom. The van der Waals surface area contributed by atoms with E-state index in [1.165, 1.54) is 24.0 Å². The highest BCUT2D eigenvalue weighted by molar-refractivity contribution is 5.45. The van der Waals surface area contributed by atoms with Crippen LogP contribution in [0.5, 0.6) is 5.75 Å². The van der Waals surface area contributed by atoms with Gasteiger partial charge in [-0.05, 0) is 68.4 Å². The number of ether oxygens (including phenoxy) is 1. The fraction of sp³-hybridized carbons (Fsp3) is 0.667. The van der Waals surface area contributed by atoms with E-state index in [-0.39, 0.29) is 11.5 Å². The summed E-state index contributed by atoms with van der Waals surface area (Å²) in [5.74, 6) is 0.963. The smallest absolute Gasteiger partial charge is 0.119 e. The molecule has 108 valence electrons. The van der Waals surface area contributed by atoms with Crippen molar-refractivity contribution in [2.45, 2.75) is 50.0 Å². The number of benzene rings is 1. The van der Waals surface area contributed by atoms with Crippen LogP contribution >= 0.6 is 0 Å². The molecular weight excluding hydrogens is 246 g/mol. The topological polar surface area (TPSA) is 12.5 Å². The Bertz CT molecular complexity index is 661. The molecule has 3 aliphatic rings. The summed E-state index contributed by atoms with van der Waals surface area (Å²) in [7, 11) is -1.33. The Morgan fingerprint density at radius 2 is 2.35 bits per heavy atom. The lowest BCUT2D eigenvalue weighted by atomic mass is 9.52. The molecule has 2 aliphatic carbocycles. The Morgan fingerprint density at radius 3 is 3.25 bits per heavy atom. The maximum absolute atomic E-state index is 7.95. The van der Waals surface area contributed by atoms with Gasteiger partial charge in [-0.1, -0.05) is 18.9 Å². The molecule has 1 saturated carbocycles. The number of hydrogen-bond donors (Lipinski definition) is 0. The molecule has 1 saturated heterocycles. The first kappa shape index (κ1) is 8.43. The van der Waals surface area contributed by atoms with E-state index in [2.05, 4.69) is 0 Å². The third kappa shape index (κ3) is 1.60. The van der Waals surface area contributed by atoms with Gasteiger partial charge in [0.1, 0.15) is 5.75 Å². The maximum atomic E-state index is 7.95. The second-order valence-corrected chi connectivity index (χ2v) is 6.66. The minimum Gasteiger partial charge on any atom is -0.497 e. The molecule has 1 unspecified atom stereocenters. The van der Waals surface area contributed by atoms with Gasteiger partial charge in [-0.25, -0.2) is 0 Å². The van der Waals surface area contributed by atoms with Crippen LogP contribution in [-0.2, 0) is 11.8 Å². The van der Waals surface area contributed by atoms with Crippen molar-refractivity contribution in [3.63, 3.8) is 0 Å². The summed E-state index contributed by atoms with van der Waals surface area (Å²) in [6, 6.07) is 5.96. The van der Waals surface area contributed by atoms with Crippen molar-refractivity contribution in [1.29, 1.82) is 0 Å². The molecule has 0 aromatic heterocycles. The number of fused-ring (bicyclic) bond motifs is 1. The highest BCUT2D eigenvalue weighted by Crippen LogP contribution is 2.55. The Kier molecular flexibility index (Phi) is 1.89. The lowest BCUT2D eigenvalue weighted by Gasteiger charge is -2.58. The molecule has 0 N–H and O–H groups in total. The molecule has 20 heavy (non-hydrogen) atoms. The lowest BCUT2D eigenvalue weighted by molar-refractivity contribution is 0.00274. The van der Waals surface area contributed by atoms with Crippen molar-refractivity contribution in [2.24, 2.45) is 5.92 Å². The first-order chi connectivity index (χ1) is 11.8. The van der Waals surface area contributed by atoms with E-state index in [9.17, 15) is 0 Å². The molecule has 2 nitrogen and oxygen atoms in total. The molecule has 4 rings (SSSR count). The van der Waals surface area contributed by atoms with Crippen LogP contribution in [0.15, 0.2) is 18.2 Å². The molecule has 2 heteroatoms. The SMILES string of the molecule is [2H]C([2H])Oc1ccc2c(c1)[C@]13CCCC[C@@H]1C(C2)N(C([2H])([2H])[2H])CC3. The molecule has 1 aliphatic heterocycles. The van der Waals surface area contributed by atoms with Gasteiger partial charge in [0.2, 0.25) is 0 Å². The van der Waals surface area contributed by atoms with Gasteiger partial charge in [0, 0.05) is 15.6 Å². The van der Waals surface area contributed by atoms with E-state index in [1.807, 2.05) is 18.2 Å². The van der Waals surface area contributed by atoms with Crippen LogP contribution in [0.3, 0.4) is 0 Å². The molecule has 2 bridgehead atoms. The van der Waals surface area contributed by atoms with E-state index in [1.54, 1.807) is 4.90 Å². The molecule has 3 atom stereocenters. The van der Waals surface area contributed by atoms with E-state index in [4.69, 9.17) is 11.6 Å². The van der Waals surface area contributed by atoms with Gasteiger partial charge < -0.3 is 9.64 Å². The van der Waals surface area contributed by atoms with Crippen LogP contribution in [-0.4, -0.2) is 31.5 Å². The summed E-state index contributed by atoms with van der Waals surface area (Å²) in [4.78, 5) is 1.76. The molecule has 0 radical (unpaired) electrons. The fourth-order valence-corrected chi connectivity index (χ4v) is 5.06. The van der Waals surface area contributed by atoms with Crippen molar-refractivity contribution in [3.05, 3.63) is 29.3 Å². The van der Waals surface area contributed by atoms with Crippen molar-refractivity contribution < 1.29 is 11.6 Å². The number of likely N-dealkylation sites (tertiary alicyclic amines) is 1. The lowest BCUT2D eigenvalue weighted by Crippen LogP contribution is -2.59. The third-order valence-electron chi connectivity index (χ3n) is 5.94. The van der Waals surface area contributed by atoms with E-state index < -0.39 is 14.0 Å². The van der Waals surface area contributed by atoms with Crippen LogP contribution in [0.4, 0.5) is 0 Å². The zero-order valence-corrected chi connectivity index (χ0v) is 11.8. The van der Waals surface area contributed by atoms with Crippen LogP contribution in [0.2, 0.25) is 0 Å². The second kappa shape index (κ2) is 4.49. The van der Waals surface area contributed by atoms with Gasteiger partial charge in [-0.15, -0.1) is 0 Å². The quantitative estimate of drug-likeness (QED) is 0.779. The van der Waals surface area contributed by atoms with Crippen LogP contribution in [0.1, 0.15) is 50.1 Å². The number of likely N-dealkylation sites (N-methyl/N-ethyl adjacent to an activating group) is 1. The summed E-state index contributed by atoms with van der Waals surface area (Å²) >= 11 is 0. The Labute approximate surface area is 129 Å². The van der Waals surface area contributed by atoms with Gasteiger partial charge in [0.15, 0.2) is 0 Å². The minimum absolute atomic E-state index is 0.0389. The standard InChI is InChI=1S/C18H25NO/c1-19-10-9-18-8-4-3-5-15(18)17(19)11-13-6-7-14(20-2)12-16(13)18/h6-7,12,15,17H,3-5,8-11H2,1-2H3/t15-,17?,18+/m1/s1/i1D3,2D2. The average molecular weight is 276 g/mol. The van der Waals surface area contributed by atoms with Crippen LogP contribution < -0.4 is 4.74 Å². The maximum Gasteiger partial charge on any atom is 0.119 e. The monoisotopic (exact) mass is 276 g/mol. The number of methoxy groups -OCH3 is 1. The predicted molar refractivity (Wildman–Crippen MR) is 81.4 cm³/mol. The van der Waals surface area contributed by atoms with Gasteiger partial charge in [-0.3, -0.25) is 0 Å². The fourth-order valence-electron chi connectivity index (χ4n) is 5.06. The number of piperidine rings is 1. The first-order valence-electron chi connectivity index (χ1n) is 10.4. The van der Waals surface area contributed by atoms with E-state index in [0.717, 1.165) is 25.7 Å². The third-order valence-corrected chi connectivity index (χ3v) is 5.94. The molecular formula is C18H25NO. The molecule has 1 aromatic carbocycles. The summed E-state index contributed by atoms with van der Waals surface area (Å²) < 4.78 is 43.8. The second-order valence-electron chi connectivity index (χ2n) is 6.66. The molecule has 2 fully saturated rings. The Balaban J connectivity index is 1.79. The Hall–Kier alpha value is -1.02. The zero-order chi connectivity index (χ0) is 17.8. The summed E-state index contributed by atoms with van der Waals surface area (Å²) in [6.07, 6.45) is 6.18. The summed E-state index contributed by atoms with van der Waals surface area (Å²) in [6.45, 7) is -1.42. The normalized spacial score (nSPS) is 40.5. The van der Waals surface area contributed by atoms with Gasteiger partial charge in [0.05, 0.1) is 9.80 Å². The van der Waals surface area contributed by atoms with Gasteiger partial charge in [-0.2, -0.15) is 0 Å². The zero-order valence-electron chi connectivity index (χ0n) is 16.8. The highest BCUT2D eigenvalue weighted by Gasteiger charge is 2.53. The minimum atomic E-state index is -2.03. The van der Waals surface area contributed by atoms with Crippen LogP contribution in [0, 0.1) is 5.92 Å². The van der Waals surface area contributed by atoms with E-state index >= 15 is 0 Å². The van der Waals surface area contributed by atoms with Gasteiger partial charge >= 0.3 is 0 Å². The number of nitrogens with zero attached hydrogens (tertiary/aromatic N) is 1. The number of rotatable bonds is 1. The molecule has 0 amide bonds. The van der Waals surface area contributed by atoms with Crippen molar-refractivity contribution in [1.82, 2.24) is 4.90 Å². The predicted octanol–water partition coefficient (Wildman–Crippen LogP) is 3.38. The summed E-state index contributed by atoms with van der Waals surface area (Å²) in [5.41, 5.74) is 2.55. The van der Waals surface area contributed by atoms with E-state index in [0.29, 0.717) is 18.2 Å². The van der Waals surface area contributed by atoms with Crippen molar-refractivity contribution >= 4 is 0 Å². The molecule has 1 aromatic rings. The summed E-state index contributed by atoms with van der Waals surface area (Å²) in [5, 5.41) is 0. The van der Waals surface area contributed by atoms with Gasteiger partial charge in [0.25, 0.3) is 0 Å². The molecule has 0 spiro atoms. The van der Waals surface area contributed by atoms with Crippen molar-refractivity contribution in [2.75, 3.05) is 20.6 Å². The largest absolute Gasteiger partial charge is 0.497 e. The average Bonchev–Trinajstić information content (AvgIpc) is 2.54. The first-order valence-corrected chi connectivity index (χ1v) is 7.73. The van der Waals surface area contributed by atoms with Crippen molar-refractivity contribution in [3.8, 4) is 5.75 Å². The highest BCUT2D eigenvalue weighted by atomic mass is 16.5. The molecule has 1 heterocycles. The van der Waals surface area contributed by atoms with Crippen LogP contribution in [0.25, 0.3) is 0 Å².